The molecular weight excluding hydrogens is 352 g/mol. The number of aromatic nitrogens is 2. The first-order valence-corrected chi connectivity index (χ1v) is 8.06. The maximum atomic E-state index is 12.1. The summed E-state index contributed by atoms with van der Waals surface area (Å²) in [5, 5.41) is 13.2. The number of anilines is 1. The molecule has 0 fully saturated rings. The lowest BCUT2D eigenvalue weighted by molar-refractivity contribution is -0.384. The van der Waals surface area contributed by atoms with Gasteiger partial charge in [0.25, 0.3) is 11.6 Å². The van der Waals surface area contributed by atoms with Crippen molar-refractivity contribution in [1.82, 2.24) is 9.55 Å². The average molecular weight is 368 g/mol. The average Bonchev–Trinajstić information content (AvgIpc) is 2.96. The van der Waals surface area contributed by atoms with Gasteiger partial charge in [0.2, 0.25) is 0 Å². The lowest BCUT2D eigenvalue weighted by atomic mass is 10.3. The Balaban J connectivity index is 1.57. The van der Waals surface area contributed by atoms with Crippen LogP contribution >= 0.6 is 0 Å². The predicted molar refractivity (Wildman–Crippen MR) is 97.2 cm³/mol. The third-order valence-electron chi connectivity index (χ3n) is 3.84. The molecule has 0 unspecified atom stereocenters. The van der Waals surface area contributed by atoms with Crippen LogP contribution in [0.2, 0.25) is 0 Å². The van der Waals surface area contributed by atoms with E-state index in [0.29, 0.717) is 5.82 Å². The second-order valence-electron chi connectivity index (χ2n) is 5.75. The molecule has 0 aliphatic carbocycles. The number of hydrogen-bond donors (Lipinski definition) is 1. The number of nitro benzene ring substituents is 1. The second kappa shape index (κ2) is 7.65. The van der Waals surface area contributed by atoms with E-state index < -0.39 is 23.4 Å². The fourth-order valence-corrected chi connectivity index (χ4v) is 2.61. The first-order valence-electron chi connectivity index (χ1n) is 8.06. The van der Waals surface area contributed by atoms with Gasteiger partial charge in [-0.1, -0.05) is 18.2 Å². The number of fused-ring (bicyclic) bond motifs is 1. The highest BCUT2D eigenvalue weighted by Gasteiger charge is 2.14. The number of rotatable bonds is 6. The third kappa shape index (κ3) is 4.27. The van der Waals surface area contributed by atoms with Gasteiger partial charge in [-0.05, 0) is 25.1 Å². The van der Waals surface area contributed by atoms with E-state index in [2.05, 4.69) is 10.3 Å². The Morgan fingerprint density at radius 2 is 2.00 bits per heavy atom. The number of nitro groups is 1. The van der Waals surface area contributed by atoms with Crippen LogP contribution in [-0.4, -0.2) is 33.0 Å². The molecule has 2 aromatic carbocycles. The molecule has 138 valence electrons. The highest BCUT2D eigenvalue weighted by Crippen LogP contribution is 2.17. The van der Waals surface area contributed by atoms with Crippen molar-refractivity contribution in [2.45, 2.75) is 13.5 Å². The number of nitrogens with one attached hydrogen (secondary N) is 1. The minimum atomic E-state index is -0.588. The molecule has 1 amide bonds. The molecule has 1 aromatic heterocycles. The zero-order valence-corrected chi connectivity index (χ0v) is 14.4. The summed E-state index contributed by atoms with van der Waals surface area (Å²) in [6, 6.07) is 12.9. The number of esters is 1. The van der Waals surface area contributed by atoms with Gasteiger partial charge in [0.05, 0.1) is 16.0 Å². The van der Waals surface area contributed by atoms with E-state index in [1.807, 2.05) is 24.3 Å². The fourth-order valence-electron chi connectivity index (χ4n) is 2.61. The van der Waals surface area contributed by atoms with Crippen LogP contribution in [0.3, 0.4) is 0 Å². The van der Waals surface area contributed by atoms with Crippen molar-refractivity contribution in [3.8, 4) is 0 Å². The number of benzene rings is 2. The van der Waals surface area contributed by atoms with E-state index in [-0.39, 0.29) is 17.9 Å². The zero-order chi connectivity index (χ0) is 19.4. The summed E-state index contributed by atoms with van der Waals surface area (Å²) in [6.07, 6.45) is 0. The summed E-state index contributed by atoms with van der Waals surface area (Å²) in [6.45, 7) is 1.21. The Hall–Kier alpha value is -3.75. The van der Waals surface area contributed by atoms with Crippen molar-refractivity contribution < 1.29 is 19.2 Å². The molecule has 9 nitrogen and oxygen atoms in total. The number of non-ortho nitro benzene ring substituents is 1. The van der Waals surface area contributed by atoms with Crippen molar-refractivity contribution in [3.63, 3.8) is 0 Å². The summed E-state index contributed by atoms with van der Waals surface area (Å²) in [7, 11) is 0. The Bertz CT molecular complexity index is 1030. The van der Waals surface area contributed by atoms with Crippen molar-refractivity contribution in [3.05, 3.63) is 64.5 Å². The van der Waals surface area contributed by atoms with Crippen LogP contribution in [0.15, 0.2) is 48.5 Å². The molecule has 0 saturated heterocycles. The number of amides is 1. The van der Waals surface area contributed by atoms with Gasteiger partial charge in [-0.15, -0.1) is 0 Å². The first-order chi connectivity index (χ1) is 12.9. The smallest absolute Gasteiger partial charge is 0.326 e. The lowest BCUT2D eigenvalue weighted by Crippen LogP contribution is -2.23. The monoisotopic (exact) mass is 368 g/mol. The van der Waals surface area contributed by atoms with Crippen molar-refractivity contribution >= 4 is 34.3 Å². The number of para-hydroxylation sites is 2. The topological polar surface area (TPSA) is 116 Å². The summed E-state index contributed by atoms with van der Waals surface area (Å²) in [5.41, 5.74) is 1.67. The molecule has 1 N–H and O–H groups in total. The number of carbonyl (C=O) groups is 2. The third-order valence-corrected chi connectivity index (χ3v) is 3.84. The Kier molecular flexibility index (Phi) is 5.11. The standard InChI is InChI=1S/C18H16N4O5/c1-12-19-15-7-2-3-8-16(15)21(12)10-18(24)27-11-17(23)20-13-5-4-6-14(9-13)22(25)26/h2-9H,10-11H2,1H3,(H,20,23). The number of hydrogen-bond acceptors (Lipinski definition) is 6. The molecule has 0 spiro atoms. The predicted octanol–water partition coefficient (Wildman–Crippen LogP) is 2.43. The summed E-state index contributed by atoms with van der Waals surface area (Å²) in [5.74, 6) is -0.513. The Labute approximate surface area is 153 Å². The lowest BCUT2D eigenvalue weighted by Gasteiger charge is -2.08. The summed E-state index contributed by atoms with van der Waals surface area (Å²) in [4.78, 5) is 38.5. The number of imidazole rings is 1. The SMILES string of the molecule is Cc1nc2ccccc2n1CC(=O)OCC(=O)Nc1cccc([N+](=O)[O-])c1. The maximum Gasteiger partial charge on any atom is 0.326 e. The van der Waals surface area contributed by atoms with E-state index in [9.17, 15) is 19.7 Å². The second-order valence-corrected chi connectivity index (χ2v) is 5.75. The van der Waals surface area contributed by atoms with Crippen LogP contribution in [0.25, 0.3) is 11.0 Å². The van der Waals surface area contributed by atoms with E-state index >= 15 is 0 Å². The van der Waals surface area contributed by atoms with Crippen LogP contribution in [0.1, 0.15) is 5.82 Å². The van der Waals surface area contributed by atoms with Crippen LogP contribution in [-0.2, 0) is 20.9 Å². The highest BCUT2D eigenvalue weighted by atomic mass is 16.6. The quantitative estimate of drug-likeness (QED) is 0.406. The van der Waals surface area contributed by atoms with Gasteiger partial charge in [0.1, 0.15) is 12.4 Å². The van der Waals surface area contributed by atoms with Gasteiger partial charge >= 0.3 is 5.97 Å². The van der Waals surface area contributed by atoms with Gasteiger partial charge < -0.3 is 14.6 Å². The Morgan fingerprint density at radius 1 is 1.22 bits per heavy atom. The number of carbonyl (C=O) groups excluding carboxylic acids is 2. The van der Waals surface area contributed by atoms with Crippen LogP contribution in [0.4, 0.5) is 11.4 Å². The molecule has 3 aromatic rings. The molecule has 0 aliphatic rings. The maximum absolute atomic E-state index is 12.1. The number of ether oxygens (including phenoxy) is 1. The molecule has 0 radical (unpaired) electrons. The summed E-state index contributed by atoms with van der Waals surface area (Å²) >= 11 is 0. The largest absolute Gasteiger partial charge is 0.454 e. The van der Waals surface area contributed by atoms with Crippen molar-refractivity contribution in [1.29, 1.82) is 0 Å². The van der Waals surface area contributed by atoms with Gasteiger partial charge in [0, 0.05) is 17.8 Å². The van der Waals surface area contributed by atoms with Crippen LogP contribution in [0.5, 0.6) is 0 Å². The molecule has 0 aliphatic heterocycles. The molecule has 0 saturated carbocycles. The normalized spacial score (nSPS) is 10.6. The van der Waals surface area contributed by atoms with Gasteiger partial charge in [-0.3, -0.25) is 19.7 Å². The number of aryl methyl sites for hydroxylation is 1. The molecular formula is C18H16N4O5. The minimum absolute atomic E-state index is 0.0730. The van der Waals surface area contributed by atoms with Gasteiger partial charge in [-0.25, -0.2) is 4.98 Å². The van der Waals surface area contributed by atoms with E-state index in [4.69, 9.17) is 4.74 Å². The Morgan fingerprint density at radius 3 is 2.78 bits per heavy atom. The van der Waals surface area contributed by atoms with Crippen molar-refractivity contribution in [2.24, 2.45) is 0 Å². The molecule has 27 heavy (non-hydrogen) atoms. The molecule has 3 rings (SSSR count). The highest BCUT2D eigenvalue weighted by molar-refractivity contribution is 5.93. The van der Waals surface area contributed by atoms with Gasteiger partial charge in [0.15, 0.2) is 6.61 Å². The summed E-state index contributed by atoms with van der Waals surface area (Å²) < 4.78 is 6.70. The van der Waals surface area contributed by atoms with Crippen molar-refractivity contribution in [2.75, 3.05) is 11.9 Å². The molecule has 1 heterocycles. The van der Waals surface area contributed by atoms with Crippen LogP contribution in [0, 0.1) is 17.0 Å². The van der Waals surface area contributed by atoms with E-state index in [0.717, 1.165) is 11.0 Å². The van der Waals surface area contributed by atoms with Gasteiger partial charge in [-0.2, -0.15) is 0 Å². The molecule has 0 atom stereocenters. The first kappa shape index (κ1) is 18.1. The van der Waals surface area contributed by atoms with Crippen LogP contribution < -0.4 is 5.32 Å². The van der Waals surface area contributed by atoms with E-state index in [1.165, 1.54) is 24.3 Å². The number of nitrogens with zero attached hydrogens (tertiary/aromatic N) is 3. The zero-order valence-electron chi connectivity index (χ0n) is 14.4. The molecule has 9 heteroatoms. The molecule has 0 bridgehead atoms. The fraction of sp³-hybridized carbons (Fsp3) is 0.167. The minimum Gasteiger partial charge on any atom is -0.454 e. The van der Waals surface area contributed by atoms with E-state index in [1.54, 1.807) is 11.5 Å².